The van der Waals surface area contributed by atoms with Crippen LogP contribution in [0.5, 0.6) is 5.75 Å². The van der Waals surface area contributed by atoms with Gasteiger partial charge in [0.2, 0.25) is 5.91 Å². The lowest BCUT2D eigenvalue weighted by molar-refractivity contribution is -0.139. The number of carbonyl (C=O) groups excluding carboxylic acids is 3. The van der Waals surface area contributed by atoms with E-state index in [1.165, 1.54) is 12.1 Å². The molecule has 0 saturated heterocycles. The summed E-state index contributed by atoms with van der Waals surface area (Å²) >= 11 is 0. The normalized spacial score (nSPS) is 12.6. The van der Waals surface area contributed by atoms with E-state index in [4.69, 9.17) is 9.84 Å². The van der Waals surface area contributed by atoms with Crippen LogP contribution in [-0.4, -0.2) is 58.9 Å². The van der Waals surface area contributed by atoms with E-state index in [0.717, 1.165) is 5.39 Å². The highest BCUT2D eigenvalue weighted by Gasteiger charge is 2.27. The second-order valence-corrected chi connectivity index (χ2v) is 7.43. The molecule has 0 aliphatic heterocycles. The maximum absolute atomic E-state index is 12.4. The Labute approximate surface area is 183 Å². The van der Waals surface area contributed by atoms with Crippen LogP contribution in [0.1, 0.15) is 30.6 Å². The van der Waals surface area contributed by atoms with Gasteiger partial charge in [-0.25, -0.2) is 4.79 Å². The van der Waals surface area contributed by atoms with Crippen LogP contribution in [0.15, 0.2) is 36.4 Å². The van der Waals surface area contributed by atoms with Gasteiger partial charge >= 0.3 is 11.9 Å². The Balaban J connectivity index is 2.08. The van der Waals surface area contributed by atoms with E-state index in [9.17, 15) is 29.1 Å². The lowest BCUT2D eigenvalue weighted by atomic mass is 10.0. The third-order valence-electron chi connectivity index (χ3n) is 4.59. The fraction of sp³-hybridized carbons (Fsp3) is 0.318. The van der Waals surface area contributed by atoms with Gasteiger partial charge in [-0.3, -0.25) is 14.4 Å². The highest BCUT2D eigenvalue weighted by atomic mass is 16.5. The average molecular weight is 444 g/mol. The first-order valence-corrected chi connectivity index (χ1v) is 9.78. The molecular formula is C22H24N2O8. The first-order valence-electron chi connectivity index (χ1n) is 9.78. The number of benzene rings is 2. The van der Waals surface area contributed by atoms with Crippen molar-refractivity contribution in [3.63, 3.8) is 0 Å². The highest BCUT2D eigenvalue weighted by molar-refractivity contribution is 5.98. The van der Waals surface area contributed by atoms with Crippen LogP contribution in [0.2, 0.25) is 0 Å². The van der Waals surface area contributed by atoms with Crippen molar-refractivity contribution in [3.8, 4) is 5.75 Å². The molecule has 0 heterocycles. The standard InChI is InChI=1S/C22H24N2O8/c1-12(2)20(21(29)23-15(10-25)9-19(27)28)24-18(26)11-32-17-8-14-6-4-3-5-13(14)7-16(17)22(30)31/h3-8,10,12,15,20H,9,11H2,1-2H3,(H,23,29)(H,24,26)(H,27,28)(H,30,31)/t15-,20-/m0/s1. The van der Waals surface area contributed by atoms with Crippen molar-refractivity contribution in [1.82, 2.24) is 10.6 Å². The summed E-state index contributed by atoms with van der Waals surface area (Å²) in [4.78, 5) is 58.2. The molecule has 2 rings (SSSR count). The molecule has 0 bridgehead atoms. The first-order chi connectivity index (χ1) is 15.1. The average Bonchev–Trinajstić information content (AvgIpc) is 2.73. The smallest absolute Gasteiger partial charge is 0.339 e. The second-order valence-electron chi connectivity index (χ2n) is 7.43. The molecule has 2 aromatic rings. The molecule has 170 valence electrons. The molecule has 0 unspecified atom stereocenters. The Hall–Kier alpha value is -3.95. The molecule has 2 aromatic carbocycles. The number of fused-ring (bicyclic) bond motifs is 1. The summed E-state index contributed by atoms with van der Waals surface area (Å²) in [6, 6.07) is 7.74. The zero-order valence-corrected chi connectivity index (χ0v) is 17.5. The highest BCUT2D eigenvalue weighted by Crippen LogP contribution is 2.26. The van der Waals surface area contributed by atoms with Crippen LogP contribution in [0.3, 0.4) is 0 Å². The third kappa shape index (κ3) is 6.53. The van der Waals surface area contributed by atoms with Gasteiger partial charge in [0.1, 0.15) is 23.6 Å². The van der Waals surface area contributed by atoms with Crippen LogP contribution in [-0.2, 0) is 19.2 Å². The molecule has 2 amide bonds. The Bertz CT molecular complexity index is 1030. The molecule has 0 radical (unpaired) electrons. The van der Waals surface area contributed by atoms with E-state index in [0.29, 0.717) is 11.7 Å². The number of ether oxygens (including phenoxy) is 1. The SMILES string of the molecule is CC(C)[C@H](NC(=O)COc1cc2ccccc2cc1C(=O)O)C(=O)N[C@H](C=O)CC(=O)O. The Kier molecular flexibility index (Phi) is 8.28. The number of carboxylic acid groups (broad SMARTS) is 2. The molecule has 10 heteroatoms. The lowest BCUT2D eigenvalue weighted by Gasteiger charge is -2.23. The van der Waals surface area contributed by atoms with Gasteiger partial charge in [0, 0.05) is 0 Å². The van der Waals surface area contributed by atoms with Gasteiger partial charge in [-0.15, -0.1) is 0 Å². The summed E-state index contributed by atoms with van der Waals surface area (Å²) in [5.41, 5.74) is -0.114. The van der Waals surface area contributed by atoms with E-state index >= 15 is 0 Å². The van der Waals surface area contributed by atoms with Crippen molar-refractivity contribution in [3.05, 3.63) is 42.0 Å². The van der Waals surface area contributed by atoms with Crippen molar-refractivity contribution in [1.29, 1.82) is 0 Å². The number of nitrogens with one attached hydrogen (secondary N) is 2. The molecule has 0 aliphatic carbocycles. The number of aliphatic carboxylic acids is 1. The number of carbonyl (C=O) groups is 5. The minimum absolute atomic E-state index is 0.000578. The molecule has 2 atom stereocenters. The second kappa shape index (κ2) is 10.9. The maximum atomic E-state index is 12.4. The zero-order chi connectivity index (χ0) is 23.8. The molecule has 0 fully saturated rings. The van der Waals surface area contributed by atoms with Gasteiger partial charge in [-0.2, -0.15) is 0 Å². The molecule has 0 saturated carbocycles. The lowest BCUT2D eigenvalue weighted by Crippen LogP contribution is -2.53. The van der Waals surface area contributed by atoms with E-state index in [-0.39, 0.29) is 17.2 Å². The monoisotopic (exact) mass is 444 g/mol. The van der Waals surface area contributed by atoms with Crippen LogP contribution in [0, 0.1) is 5.92 Å². The van der Waals surface area contributed by atoms with Crippen LogP contribution in [0.25, 0.3) is 10.8 Å². The molecular weight excluding hydrogens is 420 g/mol. The van der Waals surface area contributed by atoms with Crippen LogP contribution >= 0.6 is 0 Å². The van der Waals surface area contributed by atoms with Crippen molar-refractivity contribution in [2.75, 3.05) is 6.61 Å². The molecule has 0 aliphatic rings. The fourth-order valence-corrected chi connectivity index (χ4v) is 2.99. The number of aromatic carboxylic acids is 1. The third-order valence-corrected chi connectivity index (χ3v) is 4.59. The minimum Gasteiger partial charge on any atom is -0.483 e. The predicted molar refractivity (Wildman–Crippen MR) is 113 cm³/mol. The molecule has 0 aromatic heterocycles. The zero-order valence-electron chi connectivity index (χ0n) is 17.5. The van der Waals surface area contributed by atoms with E-state index in [1.807, 2.05) is 0 Å². The van der Waals surface area contributed by atoms with Crippen LogP contribution in [0.4, 0.5) is 0 Å². The first kappa shape index (κ1) is 24.3. The quantitative estimate of drug-likeness (QED) is 0.376. The Morgan fingerprint density at radius 1 is 1.03 bits per heavy atom. The van der Waals surface area contributed by atoms with E-state index in [1.54, 1.807) is 38.1 Å². The van der Waals surface area contributed by atoms with Gasteiger partial charge in [0.05, 0.1) is 12.5 Å². The number of carboxylic acids is 2. The molecule has 4 N–H and O–H groups in total. The van der Waals surface area contributed by atoms with Gasteiger partial charge in [-0.1, -0.05) is 38.1 Å². The summed E-state index contributed by atoms with van der Waals surface area (Å²) in [5.74, 6) is -4.27. The number of aldehydes is 1. The van der Waals surface area contributed by atoms with Gasteiger partial charge in [-0.05, 0) is 28.8 Å². The Morgan fingerprint density at radius 2 is 1.66 bits per heavy atom. The van der Waals surface area contributed by atoms with Gasteiger partial charge in [0.25, 0.3) is 5.91 Å². The number of hydrogen-bond donors (Lipinski definition) is 4. The topological polar surface area (TPSA) is 159 Å². The number of hydrogen-bond acceptors (Lipinski definition) is 6. The minimum atomic E-state index is -1.26. The number of amides is 2. The van der Waals surface area contributed by atoms with Crippen molar-refractivity contribution in [2.45, 2.75) is 32.4 Å². The predicted octanol–water partition coefficient (Wildman–Crippen LogP) is 1.22. The van der Waals surface area contributed by atoms with E-state index in [2.05, 4.69) is 10.6 Å². The van der Waals surface area contributed by atoms with Crippen LogP contribution < -0.4 is 15.4 Å². The summed E-state index contributed by atoms with van der Waals surface area (Å²) in [6.45, 7) is 2.76. The van der Waals surface area contributed by atoms with E-state index < -0.39 is 48.9 Å². The molecule has 32 heavy (non-hydrogen) atoms. The molecule has 10 nitrogen and oxygen atoms in total. The largest absolute Gasteiger partial charge is 0.483 e. The summed E-state index contributed by atoms with van der Waals surface area (Å²) in [5, 5.41) is 24.4. The maximum Gasteiger partial charge on any atom is 0.339 e. The van der Waals surface area contributed by atoms with Crippen molar-refractivity contribution < 1.29 is 38.9 Å². The molecule has 0 spiro atoms. The summed E-state index contributed by atoms with van der Waals surface area (Å²) in [7, 11) is 0. The Morgan fingerprint density at radius 3 is 2.19 bits per heavy atom. The van der Waals surface area contributed by atoms with Crippen molar-refractivity contribution >= 4 is 40.8 Å². The summed E-state index contributed by atoms with van der Waals surface area (Å²) in [6.07, 6.45) is -0.279. The van der Waals surface area contributed by atoms with Gasteiger partial charge < -0.3 is 30.4 Å². The fourth-order valence-electron chi connectivity index (χ4n) is 2.99. The van der Waals surface area contributed by atoms with Crippen molar-refractivity contribution in [2.24, 2.45) is 5.92 Å². The van der Waals surface area contributed by atoms with Gasteiger partial charge in [0.15, 0.2) is 6.61 Å². The summed E-state index contributed by atoms with van der Waals surface area (Å²) < 4.78 is 5.43. The number of rotatable bonds is 11.